The van der Waals surface area contributed by atoms with E-state index in [2.05, 4.69) is 15.6 Å². The maximum atomic E-state index is 12.9. The van der Waals surface area contributed by atoms with Gasteiger partial charge in [0.1, 0.15) is 17.3 Å². The third kappa shape index (κ3) is 5.04. The number of aryl methyl sites for hydroxylation is 1. The zero-order chi connectivity index (χ0) is 19.2. The number of nitrogens with zero attached hydrogens (tertiary/aromatic N) is 1. The van der Waals surface area contributed by atoms with Crippen molar-refractivity contribution in [3.63, 3.8) is 0 Å². The summed E-state index contributed by atoms with van der Waals surface area (Å²) in [7, 11) is 1.61. The summed E-state index contributed by atoms with van der Waals surface area (Å²) in [5.41, 5.74) is 3.21. The summed E-state index contributed by atoms with van der Waals surface area (Å²) in [4.78, 5) is 16.6. The summed E-state index contributed by atoms with van der Waals surface area (Å²) in [6, 6.07) is 12.1. The van der Waals surface area contributed by atoms with E-state index in [9.17, 15) is 9.18 Å². The number of thiazole rings is 1. The summed E-state index contributed by atoms with van der Waals surface area (Å²) in [6.07, 6.45) is 0.627. The topological polar surface area (TPSA) is 63.2 Å². The lowest BCUT2D eigenvalue weighted by Crippen LogP contribution is -2.26. The number of ether oxygens (including phenoxy) is 1. The molecule has 1 heterocycles. The maximum absolute atomic E-state index is 12.9. The second kappa shape index (κ2) is 8.64. The number of aromatic nitrogens is 1. The highest BCUT2D eigenvalue weighted by atomic mass is 32.1. The molecule has 27 heavy (non-hydrogen) atoms. The molecule has 0 aliphatic carbocycles. The number of hydrogen-bond donors (Lipinski definition) is 2. The van der Waals surface area contributed by atoms with E-state index in [1.807, 2.05) is 25.1 Å². The number of nitrogens with one attached hydrogen (secondary N) is 2. The molecule has 0 atom stereocenters. The van der Waals surface area contributed by atoms with Crippen molar-refractivity contribution >= 4 is 28.1 Å². The van der Waals surface area contributed by atoms with Gasteiger partial charge in [0.25, 0.3) is 5.91 Å². The van der Waals surface area contributed by atoms with Crippen LogP contribution in [-0.4, -0.2) is 24.5 Å². The minimum Gasteiger partial charge on any atom is -0.495 e. The van der Waals surface area contributed by atoms with E-state index < -0.39 is 0 Å². The Morgan fingerprint density at radius 3 is 2.74 bits per heavy atom. The van der Waals surface area contributed by atoms with Crippen LogP contribution in [0.15, 0.2) is 47.8 Å². The van der Waals surface area contributed by atoms with Gasteiger partial charge in [-0.2, -0.15) is 0 Å². The SMILES string of the molecule is COc1ccc(C)cc1Nc1nc(C(=O)NCCc2ccc(F)cc2)cs1. The highest BCUT2D eigenvalue weighted by Crippen LogP contribution is 2.29. The third-order valence-electron chi connectivity index (χ3n) is 3.95. The van der Waals surface area contributed by atoms with Crippen LogP contribution in [0.1, 0.15) is 21.6 Å². The largest absolute Gasteiger partial charge is 0.495 e. The Morgan fingerprint density at radius 1 is 1.22 bits per heavy atom. The minimum atomic E-state index is -0.268. The molecule has 140 valence electrons. The summed E-state index contributed by atoms with van der Waals surface area (Å²) >= 11 is 1.35. The van der Waals surface area contributed by atoms with Crippen LogP contribution in [0.5, 0.6) is 5.75 Å². The molecule has 0 unspecified atom stereocenters. The summed E-state index contributed by atoms with van der Waals surface area (Å²) < 4.78 is 18.2. The Hall–Kier alpha value is -2.93. The molecule has 2 N–H and O–H groups in total. The second-order valence-corrected chi connectivity index (χ2v) is 6.86. The first-order valence-corrected chi connectivity index (χ1v) is 9.33. The quantitative estimate of drug-likeness (QED) is 0.636. The van der Waals surface area contributed by atoms with Gasteiger partial charge in [-0.05, 0) is 48.7 Å². The fraction of sp³-hybridized carbons (Fsp3) is 0.200. The molecule has 7 heteroatoms. The van der Waals surface area contributed by atoms with E-state index in [1.54, 1.807) is 24.6 Å². The van der Waals surface area contributed by atoms with Crippen LogP contribution in [0.4, 0.5) is 15.2 Å². The number of methoxy groups -OCH3 is 1. The molecule has 0 spiro atoms. The molecular formula is C20H20FN3O2S. The van der Waals surface area contributed by atoms with E-state index in [1.165, 1.54) is 23.5 Å². The normalized spacial score (nSPS) is 10.5. The van der Waals surface area contributed by atoms with Crippen LogP contribution >= 0.6 is 11.3 Å². The Balaban J connectivity index is 1.57. The molecule has 0 radical (unpaired) electrons. The third-order valence-corrected chi connectivity index (χ3v) is 4.70. The molecule has 3 aromatic rings. The minimum absolute atomic E-state index is 0.238. The molecule has 3 rings (SSSR count). The standard InChI is InChI=1S/C20H20FN3O2S/c1-13-3-8-18(26-2)16(11-13)23-20-24-17(12-27-20)19(25)22-10-9-14-4-6-15(21)7-5-14/h3-8,11-12H,9-10H2,1-2H3,(H,22,25)(H,23,24). The van der Waals surface area contributed by atoms with Crippen molar-refractivity contribution in [3.05, 3.63) is 70.5 Å². The van der Waals surface area contributed by atoms with Crippen LogP contribution in [0.2, 0.25) is 0 Å². The van der Waals surface area contributed by atoms with Gasteiger partial charge in [0, 0.05) is 11.9 Å². The lowest BCUT2D eigenvalue weighted by atomic mass is 10.1. The second-order valence-electron chi connectivity index (χ2n) is 6.00. The molecule has 0 aliphatic heterocycles. The van der Waals surface area contributed by atoms with Crippen LogP contribution in [0.25, 0.3) is 0 Å². The predicted octanol–water partition coefficient (Wildman–Crippen LogP) is 4.32. The molecule has 0 fully saturated rings. The van der Waals surface area contributed by atoms with Crippen molar-refractivity contribution in [3.8, 4) is 5.75 Å². The fourth-order valence-corrected chi connectivity index (χ4v) is 3.24. The van der Waals surface area contributed by atoms with Gasteiger partial charge < -0.3 is 15.4 Å². The van der Waals surface area contributed by atoms with Gasteiger partial charge in [0.05, 0.1) is 12.8 Å². The highest BCUT2D eigenvalue weighted by Gasteiger charge is 2.12. The van der Waals surface area contributed by atoms with E-state index in [0.29, 0.717) is 29.5 Å². The monoisotopic (exact) mass is 385 g/mol. The van der Waals surface area contributed by atoms with Crippen LogP contribution < -0.4 is 15.4 Å². The molecule has 0 bridgehead atoms. The van der Waals surface area contributed by atoms with Crippen molar-refractivity contribution in [2.24, 2.45) is 0 Å². The Labute approximate surface area is 161 Å². The molecular weight excluding hydrogens is 365 g/mol. The van der Waals surface area contributed by atoms with E-state index in [4.69, 9.17) is 4.74 Å². The van der Waals surface area contributed by atoms with Gasteiger partial charge in [0.15, 0.2) is 5.13 Å². The molecule has 0 saturated heterocycles. The van der Waals surface area contributed by atoms with Crippen molar-refractivity contribution in [2.75, 3.05) is 19.0 Å². The van der Waals surface area contributed by atoms with Crippen LogP contribution in [0, 0.1) is 12.7 Å². The number of carbonyl (C=O) groups is 1. The number of hydrogen-bond acceptors (Lipinski definition) is 5. The maximum Gasteiger partial charge on any atom is 0.270 e. The zero-order valence-corrected chi connectivity index (χ0v) is 15.9. The van der Waals surface area contributed by atoms with Crippen molar-refractivity contribution in [2.45, 2.75) is 13.3 Å². The molecule has 1 amide bonds. The van der Waals surface area contributed by atoms with Crippen LogP contribution in [-0.2, 0) is 6.42 Å². The van der Waals surface area contributed by atoms with Crippen LogP contribution in [0.3, 0.4) is 0 Å². The molecule has 2 aromatic carbocycles. The Kier molecular flexibility index (Phi) is 6.03. The first-order valence-electron chi connectivity index (χ1n) is 8.45. The summed E-state index contributed by atoms with van der Waals surface area (Å²) in [6.45, 7) is 2.45. The smallest absolute Gasteiger partial charge is 0.270 e. The Morgan fingerprint density at radius 2 is 2.00 bits per heavy atom. The summed E-state index contributed by atoms with van der Waals surface area (Å²) in [5.74, 6) is 0.203. The van der Waals surface area contributed by atoms with Gasteiger partial charge in [-0.3, -0.25) is 4.79 Å². The number of rotatable bonds is 7. The molecule has 1 aromatic heterocycles. The first kappa shape index (κ1) is 18.8. The molecule has 5 nitrogen and oxygen atoms in total. The van der Waals surface area contributed by atoms with Crippen molar-refractivity contribution in [1.82, 2.24) is 10.3 Å². The number of anilines is 2. The van der Waals surface area contributed by atoms with Gasteiger partial charge in [-0.25, -0.2) is 9.37 Å². The van der Waals surface area contributed by atoms with Gasteiger partial charge >= 0.3 is 0 Å². The molecule has 0 aliphatic rings. The van der Waals surface area contributed by atoms with Crippen molar-refractivity contribution in [1.29, 1.82) is 0 Å². The average molecular weight is 385 g/mol. The van der Waals surface area contributed by atoms with E-state index in [-0.39, 0.29) is 11.7 Å². The number of halogens is 1. The number of amides is 1. The number of benzene rings is 2. The van der Waals surface area contributed by atoms with E-state index in [0.717, 1.165) is 16.8 Å². The Bertz CT molecular complexity index is 925. The van der Waals surface area contributed by atoms with E-state index >= 15 is 0 Å². The average Bonchev–Trinajstić information content (AvgIpc) is 3.12. The highest BCUT2D eigenvalue weighted by molar-refractivity contribution is 7.14. The van der Waals surface area contributed by atoms with Gasteiger partial charge in [-0.15, -0.1) is 11.3 Å². The lowest BCUT2D eigenvalue weighted by molar-refractivity contribution is 0.0950. The van der Waals surface area contributed by atoms with Crippen molar-refractivity contribution < 1.29 is 13.9 Å². The fourth-order valence-electron chi connectivity index (χ4n) is 2.53. The van der Waals surface area contributed by atoms with Gasteiger partial charge in [0.2, 0.25) is 0 Å². The lowest BCUT2D eigenvalue weighted by Gasteiger charge is -2.09. The first-order chi connectivity index (χ1) is 13.0. The zero-order valence-electron chi connectivity index (χ0n) is 15.1. The van der Waals surface area contributed by atoms with Gasteiger partial charge in [-0.1, -0.05) is 18.2 Å². The predicted molar refractivity (Wildman–Crippen MR) is 106 cm³/mol. The molecule has 0 saturated carbocycles. The number of carbonyl (C=O) groups excluding carboxylic acids is 1. The summed E-state index contributed by atoms with van der Waals surface area (Å²) in [5, 5.41) is 8.34.